The molecule has 0 saturated heterocycles. The number of benzene rings is 2. The van der Waals surface area contributed by atoms with E-state index < -0.39 is 10.9 Å². The molecule has 0 bridgehead atoms. The fraction of sp³-hybridized carbons (Fsp3) is 0.188. The lowest BCUT2D eigenvalue weighted by molar-refractivity contribution is -0.384. The molecule has 0 aliphatic heterocycles. The van der Waals surface area contributed by atoms with E-state index in [-0.39, 0.29) is 11.3 Å². The number of carboxylic acids is 1. The van der Waals surface area contributed by atoms with Crippen LogP contribution in [0.15, 0.2) is 30.3 Å². The molecule has 0 radical (unpaired) electrons. The summed E-state index contributed by atoms with van der Waals surface area (Å²) in [6.45, 7) is 5.83. The molecule has 2 N–H and O–H groups in total. The molecular formula is C16H16N2O4. The van der Waals surface area contributed by atoms with Crippen molar-refractivity contribution in [2.24, 2.45) is 0 Å². The van der Waals surface area contributed by atoms with Gasteiger partial charge in [-0.3, -0.25) is 10.1 Å². The second-order valence-corrected chi connectivity index (χ2v) is 5.19. The number of carboxylic acid groups (broad SMARTS) is 1. The van der Waals surface area contributed by atoms with Gasteiger partial charge in [0.15, 0.2) is 0 Å². The van der Waals surface area contributed by atoms with Crippen LogP contribution in [0, 0.1) is 30.9 Å². The Morgan fingerprint density at radius 1 is 1.14 bits per heavy atom. The minimum atomic E-state index is -1.21. The maximum atomic E-state index is 11.3. The predicted octanol–water partition coefficient (Wildman–Crippen LogP) is 3.96. The highest BCUT2D eigenvalue weighted by atomic mass is 16.6. The van der Waals surface area contributed by atoms with Crippen molar-refractivity contribution in [3.63, 3.8) is 0 Å². The van der Waals surface area contributed by atoms with Gasteiger partial charge in [-0.1, -0.05) is 17.7 Å². The van der Waals surface area contributed by atoms with Crippen molar-refractivity contribution in [1.82, 2.24) is 0 Å². The molecule has 0 fully saturated rings. The Balaban J connectivity index is 2.50. The third kappa shape index (κ3) is 3.06. The highest BCUT2D eigenvalue weighted by Gasteiger charge is 2.17. The van der Waals surface area contributed by atoms with Gasteiger partial charge in [0.1, 0.15) is 0 Å². The number of hydrogen-bond donors (Lipinski definition) is 2. The van der Waals surface area contributed by atoms with Crippen LogP contribution in [0.2, 0.25) is 0 Å². The molecule has 6 heteroatoms. The second kappa shape index (κ2) is 5.85. The molecule has 0 aliphatic carbocycles. The second-order valence-electron chi connectivity index (χ2n) is 5.19. The third-order valence-corrected chi connectivity index (χ3v) is 3.38. The van der Waals surface area contributed by atoms with E-state index in [1.54, 1.807) is 0 Å². The van der Waals surface area contributed by atoms with Gasteiger partial charge in [-0.15, -0.1) is 0 Å². The number of carbonyl (C=O) groups is 1. The normalized spacial score (nSPS) is 10.3. The first-order valence-corrected chi connectivity index (χ1v) is 6.66. The van der Waals surface area contributed by atoms with Crippen molar-refractivity contribution in [2.75, 3.05) is 5.32 Å². The molecule has 0 heterocycles. The number of hydrogen-bond acceptors (Lipinski definition) is 4. The van der Waals surface area contributed by atoms with Gasteiger partial charge in [0.2, 0.25) is 0 Å². The molecule has 114 valence electrons. The smallest absolute Gasteiger partial charge is 0.338 e. The number of nitro groups is 1. The summed E-state index contributed by atoms with van der Waals surface area (Å²) in [6.07, 6.45) is 0. The topological polar surface area (TPSA) is 92.5 Å². The number of aryl methyl sites for hydroxylation is 3. The monoisotopic (exact) mass is 300 g/mol. The van der Waals surface area contributed by atoms with Gasteiger partial charge in [0, 0.05) is 17.8 Å². The van der Waals surface area contributed by atoms with Gasteiger partial charge in [0.25, 0.3) is 5.69 Å². The zero-order chi connectivity index (χ0) is 16.4. The molecule has 22 heavy (non-hydrogen) atoms. The molecule has 0 atom stereocenters. The first-order chi connectivity index (χ1) is 10.3. The lowest BCUT2D eigenvalue weighted by atomic mass is 10.0. The third-order valence-electron chi connectivity index (χ3n) is 3.38. The summed E-state index contributed by atoms with van der Waals surface area (Å²) in [5, 5.41) is 23.1. The molecule has 0 spiro atoms. The molecule has 2 aromatic carbocycles. The molecule has 2 rings (SSSR count). The summed E-state index contributed by atoms with van der Waals surface area (Å²) in [6, 6.07) is 7.74. The predicted molar refractivity (Wildman–Crippen MR) is 84.0 cm³/mol. The van der Waals surface area contributed by atoms with E-state index in [2.05, 4.69) is 5.32 Å². The molecule has 2 aromatic rings. The average molecular weight is 300 g/mol. The number of rotatable bonds is 4. The Hall–Kier alpha value is -2.89. The van der Waals surface area contributed by atoms with Gasteiger partial charge in [-0.05, 0) is 38.0 Å². The summed E-state index contributed by atoms with van der Waals surface area (Å²) >= 11 is 0. The van der Waals surface area contributed by atoms with E-state index in [1.165, 1.54) is 12.1 Å². The van der Waals surface area contributed by atoms with Crippen molar-refractivity contribution in [2.45, 2.75) is 20.8 Å². The van der Waals surface area contributed by atoms with Crippen molar-refractivity contribution in [1.29, 1.82) is 0 Å². The molecule has 0 aliphatic rings. The number of nitrogens with zero attached hydrogens (tertiary/aromatic N) is 1. The number of aromatic carboxylic acids is 1. The lowest BCUT2D eigenvalue weighted by Gasteiger charge is -2.15. The largest absolute Gasteiger partial charge is 0.478 e. The maximum Gasteiger partial charge on any atom is 0.338 e. The Morgan fingerprint density at radius 2 is 1.73 bits per heavy atom. The van der Waals surface area contributed by atoms with E-state index in [9.17, 15) is 20.0 Å². The maximum absolute atomic E-state index is 11.3. The summed E-state index contributed by atoms with van der Waals surface area (Å²) in [7, 11) is 0. The highest BCUT2D eigenvalue weighted by Crippen LogP contribution is 2.29. The van der Waals surface area contributed by atoms with Crippen LogP contribution in [0.1, 0.15) is 27.0 Å². The fourth-order valence-corrected chi connectivity index (χ4v) is 2.44. The van der Waals surface area contributed by atoms with Crippen molar-refractivity contribution in [3.8, 4) is 0 Å². The van der Waals surface area contributed by atoms with Crippen LogP contribution in [0.25, 0.3) is 0 Å². The van der Waals surface area contributed by atoms with Gasteiger partial charge >= 0.3 is 5.97 Å². The quantitative estimate of drug-likeness (QED) is 0.658. The van der Waals surface area contributed by atoms with E-state index in [1.807, 2.05) is 32.9 Å². The minimum absolute atomic E-state index is 0.131. The van der Waals surface area contributed by atoms with E-state index >= 15 is 0 Å². The van der Waals surface area contributed by atoms with E-state index in [4.69, 9.17) is 0 Å². The van der Waals surface area contributed by atoms with Crippen LogP contribution in [0.3, 0.4) is 0 Å². The van der Waals surface area contributed by atoms with E-state index in [0.717, 1.165) is 28.4 Å². The molecule has 0 amide bonds. The Bertz CT molecular complexity index is 746. The number of non-ortho nitro benzene ring substituents is 1. The standard InChI is InChI=1S/C16H16N2O4/c1-9-6-10(2)15(11(3)7-9)17-14-5-4-12(18(21)22)8-13(14)16(19)20/h4-8,17H,1-3H3,(H,19,20). The zero-order valence-corrected chi connectivity index (χ0v) is 12.5. The first kappa shape index (κ1) is 15.5. The van der Waals surface area contributed by atoms with Gasteiger partial charge in [0.05, 0.1) is 16.2 Å². The molecule has 6 nitrogen and oxygen atoms in total. The van der Waals surface area contributed by atoms with Crippen molar-refractivity contribution in [3.05, 3.63) is 62.7 Å². The molecule has 0 unspecified atom stereocenters. The Labute approximate surface area is 127 Å². The van der Waals surface area contributed by atoms with Gasteiger partial charge in [-0.2, -0.15) is 0 Å². The van der Waals surface area contributed by atoms with Crippen molar-refractivity contribution < 1.29 is 14.8 Å². The molecular weight excluding hydrogens is 284 g/mol. The van der Waals surface area contributed by atoms with Crippen LogP contribution >= 0.6 is 0 Å². The van der Waals surface area contributed by atoms with Crippen LogP contribution in [0.4, 0.5) is 17.1 Å². The molecule has 0 aromatic heterocycles. The van der Waals surface area contributed by atoms with Crippen LogP contribution < -0.4 is 5.32 Å². The van der Waals surface area contributed by atoms with Crippen LogP contribution in [-0.2, 0) is 0 Å². The fourth-order valence-electron chi connectivity index (χ4n) is 2.44. The Morgan fingerprint density at radius 3 is 2.23 bits per heavy atom. The van der Waals surface area contributed by atoms with Crippen LogP contribution in [0.5, 0.6) is 0 Å². The van der Waals surface area contributed by atoms with Gasteiger partial charge < -0.3 is 10.4 Å². The SMILES string of the molecule is Cc1cc(C)c(Nc2ccc([N+](=O)[O-])cc2C(=O)O)c(C)c1. The number of nitrogens with one attached hydrogen (secondary N) is 1. The lowest BCUT2D eigenvalue weighted by Crippen LogP contribution is -2.05. The minimum Gasteiger partial charge on any atom is -0.478 e. The zero-order valence-electron chi connectivity index (χ0n) is 12.5. The first-order valence-electron chi connectivity index (χ1n) is 6.66. The van der Waals surface area contributed by atoms with Crippen molar-refractivity contribution >= 4 is 23.0 Å². The van der Waals surface area contributed by atoms with Crippen LogP contribution in [-0.4, -0.2) is 16.0 Å². The van der Waals surface area contributed by atoms with E-state index in [0.29, 0.717) is 5.69 Å². The van der Waals surface area contributed by atoms with Gasteiger partial charge in [-0.25, -0.2) is 4.79 Å². The number of nitro benzene ring substituents is 1. The average Bonchev–Trinajstić information content (AvgIpc) is 2.42. The summed E-state index contributed by atoms with van der Waals surface area (Å²) in [4.78, 5) is 21.5. The summed E-state index contributed by atoms with van der Waals surface area (Å²) < 4.78 is 0. The molecule has 0 saturated carbocycles. The summed E-state index contributed by atoms with van der Waals surface area (Å²) in [5.74, 6) is -1.21. The summed E-state index contributed by atoms with van der Waals surface area (Å²) in [5.41, 5.74) is 3.83. The Kier molecular flexibility index (Phi) is 4.12. The highest BCUT2D eigenvalue weighted by molar-refractivity contribution is 5.96. The number of anilines is 2.